The van der Waals surface area contributed by atoms with Crippen LogP contribution >= 0.6 is 11.3 Å². The summed E-state index contributed by atoms with van der Waals surface area (Å²) < 4.78 is 40.9. The highest BCUT2D eigenvalue weighted by Crippen LogP contribution is 2.16. The number of piperazine rings is 1. The molecule has 0 radical (unpaired) electrons. The number of nitrogens with one attached hydrogen (secondary N) is 1. The molecule has 1 fully saturated rings. The number of nitrogens with zero attached hydrogens (tertiary/aromatic N) is 2. The number of carbonyl (C=O) groups is 1. The topological polar surface area (TPSA) is 44.8 Å². The molecule has 1 aromatic heterocycles. The van der Waals surface area contributed by atoms with E-state index in [-0.39, 0.29) is 12.6 Å². The van der Waals surface area contributed by atoms with Crippen LogP contribution in [0.2, 0.25) is 0 Å². The molecular formula is C20H24F3N3O2S. The van der Waals surface area contributed by atoms with Gasteiger partial charge in [-0.1, -0.05) is 24.3 Å². The van der Waals surface area contributed by atoms with Gasteiger partial charge >= 0.3 is 12.2 Å². The van der Waals surface area contributed by atoms with Gasteiger partial charge in [0.1, 0.15) is 6.61 Å². The predicted molar refractivity (Wildman–Crippen MR) is 106 cm³/mol. The summed E-state index contributed by atoms with van der Waals surface area (Å²) in [6.07, 6.45) is -4.32. The van der Waals surface area contributed by atoms with Crippen LogP contribution in [0.4, 0.5) is 18.0 Å². The lowest BCUT2D eigenvalue weighted by atomic mass is 10.1. The molecule has 2 aromatic rings. The lowest BCUT2D eigenvalue weighted by Crippen LogP contribution is -2.51. The normalized spacial score (nSPS) is 15.5. The smallest absolute Gasteiger partial charge is 0.367 e. The highest BCUT2D eigenvalue weighted by molar-refractivity contribution is 7.07. The summed E-state index contributed by atoms with van der Waals surface area (Å²) in [6.45, 7) is 2.99. The van der Waals surface area contributed by atoms with Gasteiger partial charge in [-0.25, -0.2) is 4.79 Å². The summed E-state index contributed by atoms with van der Waals surface area (Å²) in [5.74, 6) is 0. The third-order valence-corrected chi connectivity index (χ3v) is 5.38. The van der Waals surface area contributed by atoms with Crippen LogP contribution in [0.25, 0.3) is 0 Å². The van der Waals surface area contributed by atoms with E-state index in [4.69, 9.17) is 0 Å². The van der Waals surface area contributed by atoms with Gasteiger partial charge in [0, 0.05) is 39.3 Å². The van der Waals surface area contributed by atoms with E-state index in [0.717, 1.165) is 25.2 Å². The molecular weight excluding hydrogens is 403 g/mol. The number of benzene rings is 1. The average Bonchev–Trinajstić information content (AvgIpc) is 3.20. The van der Waals surface area contributed by atoms with Crippen LogP contribution in [0.3, 0.4) is 0 Å². The molecule has 1 aliphatic heterocycles. The van der Waals surface area contributed by atoms with Gasteiger partial charge in [-0.3, -0.25) is 4.90 Å². The number of alkyl halides is 3. The van der Waals surface area contributed by atoms with E-state index < -0.39 is 12.8 Å². The van der Waals surface area contributed by atoms with E-state index in [1.165, 1.54) is 5.56 Å². The van der Waals surface area contributed by atoms with Crippen molar-refractivity contribution in [1.82, 2.24) is 15.1 Å². The molecule has 1 aliphatic rings. The quantitative estimate of drug-likeness (QED) is 0.730. The van der Waals surface area contributed by atoms with Crippen LogP contribution in [0.15, 0.2) is 41.1 Å². The van der Waals surface area contributed by atoms with Gasteiger partial charge < -0.3 is 15.0 Å². The van der Waals surface area contributed by atoms with Crippen molar-refractivity contribution in [3.8, 4) is 0 Å². The maximum atomic E-state index is 12.4. The average molecular weight is 427 g/mol. The van der Waals surface area contributed by atoms with Crippen LogP contribution in [0, 0.1) is 0 Å². The minimum atomic E-state index is -4.32. The number of hydrogen-bond acceptors (Lipinski definition) is 4. The minimum absolute atomic E-state index is 0.0954. The second-order valence-electron chi connectivity index (χ2n) is 6.98. The van der Waals surface area contributed by atoms with Crippen molar-refractivity contribution in [2.24, 2.45) is 0 Å². The van der Waals surface area contributed by atoms with Crippen molar-refractivity contribution in [3.63, 3.8) is 0 Å². The Morgan fingerprint density at radius 3 is 2.34 bits per heavy atom. The number of thiophene rings is 1. The fraction of sp³-hybridized carbons (Fsp3) is 0.450. The molecule has 5 nitrogen and oxygen atoms in total. The SMILES string of the molecule is O=C(NCc1ccc(COCC(F)(F)F)cc1)N1CCN(Cc2ccsc2)CC1. The highest BCUT2D eigenvalue weighted by Gasteiger charge is 2.27. The van der Waals surface area contributed by atoms with Gasteiger partial charge in [0.25, 0.3) is 0 Å². The summed E-state index contributed by atoms with van der Waals surface area (Å²) in [5, 5.41) is 7.12. The van der Waals surface area contributed by atoms with E-state index >= 15 is 0 Å². The Labute approximate surface area is 172 Å². The Kier molecular flexibility index (Phi) is 7.51. The third kappa shape index (κ3) is 7.34. The first kappa shape index (κ1) is 21.6. The number of halogens is 3. The Morgan fingerprint density at radius 2 is 1.72 bits per heavy atom. The first-order valence-corrected chi connectivity index (χ1v) is 10.3. The monoisotopic (exact) mass is 427 g/mol. The lowest BCUT2D eigenvalue weighted by molar-refractivity contribution is -0.176. The number of rotatable bonds is 7. The molecule has 29 heavy (non-hydrogen) atoms. The fourth-order valence-electron chi connectivity index (χ4n) is 3.08. The van der Waals surface area contributed by atoms with Crippen molar-refractivity contribution >= 4 is 17.4 Å². The number of hydrogen-bond donors (Lipinski definition) is 1. The Bertz CT molecular complexity index is 758. The van der Waals surface area contributed by atoms with E-state index in [9.17, 15) is 18.0 Å². The van der Waals surface area contributed by atoms with Crippen LogP contribution in [0.1, 0.15) is 16.7 Å². The summed E-state index contributed by atoms with van der Waals surface area (Å²) in [5.41, 5.74) is 2.85. The van der Waals surface area contributed by atoms with Crippen molar-refractivity contribution in [2.45, 2.75) is 25.9 Å². The molecule has 0 atom stereocenters. The molecule has 1 aromatic carbocycles. The van der Waals surface area contributed by atoms with E-state index in [2.05, 4.69) is 31.8 Å². The van der Waals surface area contributed by atoms with Crippen LogP contribution in [0.5, 0.6) is 0 Å². The number of ether oxygens (including phenoxy) is 1. The molecule has 3 rings (SSSR count). The molecule has 1 saturated heterocycles. The van der Waals surface area contributed by atoms with Crippen molar-refractivity contribution < 1.29 is 22.7 Å². The molecule has 1 N–H and O–H groups in total. The second-order valence-corrected chi connectivity index (χ2v) is 7.76. The maximum absolute atomic E-state index is 12.4. The van der Waals surface area contributed by atoms with E-state index in [0.29, 0.717) is 25.2 Å². The van der Waals surface area contributed by atoms with Crippen molar-refractivity contribution in [3.05, 3.63) is 57.8 Å². The zero-order valence-corrected chi connectivity index (χ0v) is 16.8. The fourth-order valence-corrected chi connectivity index (χ4v) is 3.74. The molecule has 9 heteroatoms. The zero-order chi connectivity index (χ0) is 20.7. The van der Waals surface area contributed by atoms with Gasteiger partial charge in [-0.05, 0) is 33.5 Å². The summed E-state index contributed by atoms with van der Waals surface area (Å²) in [7, 11) is 0. The van der Waals surface area contributed by atoms with Crippen LogP contribution < -0.4 is 5.32 Å². The van der Waals surface area contributed by atoms with Gasteiger partial charge in [-0.15, -0.1) is 0 Å². The first-order valence-electron chi connectivity index (χ1n) is 9.37. The van der Waals surface area contributed by atoms with E-state index in [1.54, 1.807) is 35.6 Å². The van der Waals surface area contributed by atoms with Crippen molar-refractivity contribution in [2.75, 3.05) is 32.8 Å². The summed E-state index contributed by atoms with van der Waals surface area (Å²) in [4.78, 5) is 16.5. The number of carbonyl (C=O) groups excluding carboxylic acids is 1. The maximum Gasteiger partial charge on any atom is 0.411 e. The minimum Gasteiger partial charge on any atom is -0.367 e. The van der Waals surface area contributed by atoms with Crippen LogP contribution in [-0.2, 0) is 24.4 Å². The van der Waals surface area contributed by atoms with Gasteiger partial charge in [0.15, 0.2) is 0 Å². The van der Waals surface area contributed by atoms with Gasteiger partial charge in [0.05, 0.1) is 6.61 Å². The molecule has 0 bridgehead atoms. The standard InChI is InChI=1S/C20H24F3N3O2S/c21-20(22,23)15-28-13-17-3-1-16(2-4-17)11-24-19(27)26-8-6-25(7-9-26)12-18-5-10-29-14-18/h1-5,10,14H,6-9,11-13,15H2,(H,24,27). The Balaban J connectivity index is 1.36. The lowest BCUT2D eigenvalue weighted by Gasteiger charge is -2.34. The first-order chi connectivity index (χ1) is 13.9. The second kappa shape index (κ2) is 10.1. The van der Waals surface area contributed by atoms with Crippen LogP contribution in [-0.4, -0.2) is 54.8 Å². The summed E-state index contributed by atoms with van der Waals surface area (Å²) in [6, 6.07) is 9.01. The third-order valence-electron chi connectivity index (χ3n) is 4.65. The largest absolute Gasteiger partial charge is 0.411 e. The molecule has 2 heterocycles. The number of urea groups is 1. The molecule has 2 amide bonds. The van der Waals surface area contributed by atoms with Crippen molar-refractivity contribution in [1.29, 1.82) is 0 Å². The molecule has 0 spiro atoms. The predicted octanol–water partition coefficient (Wildman–Crippen LogP) is 3.85. The van der Waals surface area contributed by atoms with Gasteiger partial charge in [0.2, 0.25) is 0 Å². The zero-order valence-electron chi connectivity index (χ0n) is 16.0. The molecule has 0 saturated carbocycles. The molecule has 158 valence electrons. The Morgan fingerprint density at radius 1 is 1.03 bits per heavy atom. The summed E-state index contributed by atoms with van der Waals surface area (Å²) >= 11 is 1.69. The molecule has 0 unspecified atom stereocenters. The van der Waals surface area contributed by atoms with E-state index in [1.807, 2.05) is 4.90 Å². The number of amides is 2. The van der Waals surface area contributed by atoms with Gasteiger partial charge in [-0.2, -0.15) is 24.5 Å². The highest BCUT2D eigenvalue weighted by atomic mass is 32.1. The Hall–Kier alpha value is -2.10. The molecule has 0 aliphatic carbocycles.